The van der Waals surface area contributed by atoms with Crippen LogP contribution in [-0.2, 0) is 25.9 Å². The van der Waals surface area contributed by atoms with Crippen LogP contribution in [-0.4, -0.2) is 10.9 Å². The van der Waals surface area contributed by atoms with Crippen LogP contribution in [0.15, 0.2) is 72.6 Å². The molecule has 0 fully saturated rings. The van der Waals surface area contributed by atoms with Crippen molar-refractivity contribution in [1.82, 2.24) is 0 Å². The zero-order chi connectivity index (χ0) is 18.4. The number of aliphatic hydroxyl groups excluding tert-OH is 1. The summed E-state index contributed by atoms with van der Waals surface area (Å²) in [5, 5.41) is 10.8. The maximum atomic E-state index is 10.0. The van der Waals surface area contributed by atoms with Crippen molar-refractivity contribution in [3.63, 3.8) is 0 Å². The van der Waals surface area contributed by atoms with E-state index in [9.17, 15) is 4.79 Å². The van der Waals surface area contributed by atoms with Crippen molar-refractivity contribution in [3.05, 3.63) is 92.2 Å². The van der Waals surface area contributed by atoms with Crippen molar-refractivity contribution in [3.8, 4) is 11.3 Å². The van der Waals surface area contributed by atoms with E-state index in [4.69, 9.17) is 5.11 Å². The van der Waals surface area contributed by atoms with Crippen LogP contribution >= 0.6 is 0 Å². The van der Waals surface area contributed by atoms with Gasteiger partial charge < -0.3 is 9.67 Å². The Labute approximate surface area is 169 Å². The number of hydrogen-bond donors (Lipinski definition) is 1. The molecule has 0 atom stereocenters. The molecule has 3 rings (SSSR count). The average molecular weight is 528 g/mol. The number of carbonyl (C=O) groups is 1. The number of aromatic nitrogens is 1. The first-order valence-electron chi connectivity index (χ1n) is 7.93. The maximum Gasteiger partial charge on any atom is 2.00 e. The number of allylic oxidation sites excluding steroid dienone is 2. The van der Waals surface area contributed by atoms with Gasteiger partial charge in [-0.25, -0.2) is 0 Å². The Balaban J connectivity index is 0.000000366. The molecule has 0 bridgehead atoms. The number of pyridine rings is 1. The van der Waals surface area contributed by atoms with Gasteiger partial charge >= 0.3 is 21.1 Å². The first-order valence-corrected chi connectivity index (χ1v) is 7.93. The number of carbonyl (C=O) groups excluding carboxylic acids is 1. The number of hydrogen-bond acceptors (Lipinski definition) is 2. The second-order valence-electron chi connectivity index (χ2n) is 5.77. The Morgan fingerprint density at radius 3 is 2.23 bits per heavy atom. The molecular weight excluding hydrogens is 505 g/mol. The molecule has 0 saturated heterocycles. The van der Waals surface area contributed by atoms with Gasteiger partial charge in [0, 0.05) is 13.1 Å². The van der Waals surface area contributed by atoms with E-state index in [1.165, 1.54) is 30.7 Å². The summed E-state index contributed by atoms with van der Waals surface area (Å²) in [5.74, 6) is -0.0625. The summed E-state index contributed by atoms with van der Waals surface area (Å²) in [7, 11) is 4.08. The Morgan fingerprint density at radius 2 is 1.65 bits per heavy atom. The molecule has 26 heavy (non-hydrogen) atoms. The van der Waals surface area contributed by atoms with Gasteiger partial charge in [0.25, 0.3) is 0 Å². The van der Waals surface area contributed by atoms with Crippen molar-refractivity contribution in [1.29, 1.82) is 0 Å². The summed E-state index contributed by atoms with van der Waals surface area (Å²) in [6.45, 7) is 6.95. The van der Waals surface area contributed by atoms with E-state index in [1.54, 1.807) is 0 Å². The molecule has 0 unspecified atom stereocenters. The summed E-state index contributed by atoms with van der Waals surface area (Å²) in [5.41, 5.74) is 3.26. The van der Waals surface area contributed by atoms with Crippen LogP contribution in [0.1, 0.15) is 19.4 Å². The Kier molecular flexibility index (Phi) is 8.15. The summed E-state index contributed by atoms with van der Waals surface area (Å²) in [6.07, 6.45) is 3.16. The monoisotopic (exact) mass is 527 g/mol. The Morgan fingerprint density at radius 1 is 1.04 bits per heavy atom. The fourth-order valence-electron chi connectivity index (χ4n) is 2.60. The maximum absolute atomic E-state index is 10.0. The predicted octanol–water partition coefficient (Wildman–Crippen LogP) is 4.65. The van der Waals surface area contributed by atoms with Crippen LogP contribution in [0.5, 0.6) is 0 Å². The van der Waals surface area contributed by atoms with Crippen molar-refractivity contribution < 1.29 is 35.5 Å². The van der Waals surface area contributed by atoms with E-state index < -0.39 is 0 Å². The topological polar surface area (TPSA) is 41.2 Å². The van der Waals surface area contributed by atoms with Gasteiger partial charge in [-0.15, -0.1) is 17.7 Å². The molecular formula is C22H22NO2Pt+. The molecule has 0 spiro atoms. The largest absolute Gasteiger partial charge is 2.00 e. The molecule has 2 aromatic carbocycles. The van der Waals surface area contributed by atoms with Gasteiger partial charge in [-0.1, -0.05) is 30.3 Å². The third-order valence-electron chi connectivity index (χ3n) is 3.62. The normalized spacial score (nSPS) is 10.5. The molecule has 0 saturated carbocycles. The average Bonchev–Trinajstić information content (AvgIpc) is 2.55. The van der Waals surface area contributed by atoms with E-state index in [0.717, 1.165) is 16.8 Å². The van der Waals surface area contributed by atoms with E-state index in [0.29, 0.717) is 0 Å². The van der Waals surface area contributed by atoms with E-state index in [-0.39, 0.29) is 32.6 Å². The van der Waals surface area contributed by atoms with Crippen LogP contribution in [0.4, 0.5) is 0 Å². The molecule has 1 aromatic heterocycles. The van der Waals surface area contributed by atoms with Crippen LogP contribution < -0.4 is 4.57 Å². The zero-order valence-electron chi connectivity index (χ0n) is 14.9. The molecule has 0 amide bonds. The minimum Gasteiger partial charge on any atom is -0.512 e. The van der Waals surface area contributed by atoms with Crippen molar-refractivity contribution in [2.45, 2.75) is 13.8 Å². The molecule has 0 aliphatic rings. The molecule has 0 radical (unpaired) electrons. The smallest absolute Gasteiger partial charge is 0.512 e. The fraction of sp³-hybridized carbons (Fsp3) is 0.0909. The molecule has 3 aromatic rings. The van der Waals surface area contributed by atoms with Crippen LogP contribution in [0.25, 0.3) is 22.0 Å². The van der Waals surface area contributed by atoms with E-state index in [2.05, 4.69) is 50.4 Å². The third kappa shape index (κ3) is 5.50. The second kappa shape index (κ2) is 9.84. The van der Waals surface area contributed by atoms with Crippen LogP contribution in [0.3, 0.4) is 0 Å². The fourth-order valence-corrected chi connectivity index (χ4v) is 2.60. The number of fused-ring (bicyclic) bond motifs is 1. The molecule has 136 valence electrons. The van der Waals surface area contributed by atoms with Gasteiger partial charge in [-0.3, -0.25) is 4.79 Å². The van der Waals surface area contributed by atoms with Gasteiger partial charge in [-0.05, 0) is 30.7 Å². The van der Waals surface area contributed by atoms with Gasteiger partial charge in [0.2, 0.25) is 0 Å². The molecule has 1 heterocycles. The summed E-state index contributed by atoms with van der Waals surface area (Å²) in [6, 6.07) is 18.6. The third-order valence-corrected chi connectivity index (χ3v) is 3.62. The number of rotatable bonds is 2. The first-order chi connectivity index (χ1) is 11.9. The Bertz CT molecular complexity index is 928. The molecule has 0 aliphatic carbocycles. The molecule has 4 heteroatoms. The summed E-state index contributed by atoms with van der Waals surface area (Å²) >= 11 is 0. The van der Waals surface area contributed by atoms with Crippen molar-refractivity contribution >= 4 is 16.6 Å². The predicted molar refractivity (Wildman–Crippen MR) is 102 cm³/mol. The number of nitrogens with zero attached hydrogens (tertiary/aromatic N) is 1. The quantitative estimate of drug-likeness (QED) is 0.228. The standard InChI is InChI=1S/C17H14N.C5H8O2.Pt/c1-13-7-3-5-9-15(13)17-16-10-6-4-8-14(16)11-12-18(17)2;1-4(6)3-5(2)7;/h3-12H,1-2H2;3,6H,1-2H3;/q-1;;+2. The van der Waals surface area contributed by atoms with Crippen LogP contribution in [0.2, 0.25) is 0 Å². The number of aliphatic hydroxyl groups is 1. The van der Waals surface area contributed by atoms with Gasteiger partial charge in [0.05, 0.1) is 17.6 Å². The van der Waals surface area contributed by atoms with Gasteiger partial charge in [0.15, 0.2) is 5.78 Å². The first kappa shape index (κ1) is 21.5. The summed E-state index contributed by atoms with van der Waals surface area (Å²) < 4.78 is 1.91. The minimum absolute atomic E-state index is 0. The van der Waals surface area contributed by atoms with Crippen LogP contribution in [0, 0.1) is 14.0 Å². The van der Waals surface area contributed by atoms with E-state index >= 15 is 0 Å². The molecule has 0 aliphatic heterocycles. The summed E-state index contributed by atoms with van der Waals surface area (Å²) in [4.78, 5) is 10.0. The molecule has 3 nitrogen and oxygen atoms in total. The van der Waals surface area contributed by atoms with E-state index in [1.807, 2.05) is 29.0 Å². The minimum atomic E-state index is -0.125. The molecule has 1 N–H and O–H groups in total. The second-order valence-corrected chi connectivity index (χ2v) is 5.77. The number of ketones is 1. The zero-order valence-corrected chi connectivity index (χ0v) is 17.2. The van der Waals surface area contributed by atoms with Crippen molar-refractivity contribution in [2.75, 3.05) is 0 Å². The van der Waals surface area contributed by atoms with Gasteiger partial charge in [-0.2, -0.15) is 18.6 Å². The van der Waals surface area contributed by atoms with Gasteiger partial charge in [0.1, 0.15) is 0 Å². The van der Waals surface area contributed by atoms with Crippen molar-refractivity contribution in [2.24, 2.45) is 0 Å². The SMILES string of the molecule is CC(=O)C=C(C)O.[CH2-]c1ccccc1-c1c2ccccc2cc[n+]1[CH2-].[Pt+2]. The number of benzene rings is 2. The Hall–Kier alpha value is -2.51.